The second-order valence-corrected chi connectivity index (χ2v) is 10.3. The van der Waals surface area contributed by atoms with Crippen molar-refractivity contribution < 1.29 is 18.7 Å². The minimum atomic E-state index is -0.855. The van der Waals surface area contributed by atoms with E-state index in [4.69, 9.17) is 15.6 Å². The summed E-state index contributed by atoms with van der Waals surface area (Å²) < 4.78 is 20.8. The van der Waals surface area contributed by atoms with Gasteiger partial charge in [-0.1, -0.05) is 26.7 Å². The van der Waals surface area contributed by atoms with E-state index in [1.807, 2.05) is 0 Å². The van der Waals surface area contributed by atoms with Crippen LogP contribution in [0.15, 0.2) is 12.1 Å². The molecule has 3 aliphatic rings. The van der Waals surface area contributed by atoms with Crippen LogP contribution in [0, 0.1) is 28.5 Å². The zero-order valence-electron chi connectivity index (χ0n) is 20.6. The van der Waals surface area contributed by atoms with E-state index in [1.54, 1.807) is 13.0 Å². The van der Waals surface area contributed by atoms with E-state index in [1.165, 1.54) is 6.07 Å². The van der Waals surface area contributed by atoms with E-state index in [0.29, 0.717) is 42.6 Å². The van der Waals surface area contributed by atoms with E-state index < -0.39 is 23.6 Å². The number of ether oxygens (including phenoxy) is 1. The van der Waals surface area contributed by atoms with Crippen LogP contribution in [-0.2, 0) is 19.7 Å². The van der Waals surface area contributed by atoms with Gasteiger partial charge in [-0.3, -0.25) is 15.0 Å². The average molecular weight is 486 g/mol. The largest absolute Gasteiger partial charge is 0.384 e. The number of fused-ring (bicyclic) bond motifs is 2. The third kappa shape index (κ3) is 5.24. The molecule has 0 bridgehead atoms. The van der Waals surface area contributed by atoms with E-state index in [-0.39, 0.29) is 29.3 Å². The molecule has 8 nitrogen and oxygen atoms in total. The van der Waals surface area contributed by atoms with Gasteiger partial charge in [0.25, 0.3) is 5.91 Å². The number of halogens is 1. The first-order chi connectivity index (χ1) is 16.7. The van der Waals surface area contributed by atoms with Crippen LogP contribution < -0.4 is 16.0 Å². The Morgan fingerprint density at radius 2 is 1.89 bits per heavy atom. The van der Waals surface area contributed by atoms with Gasteiger partial charge in [0.2, 0.25) is 5.91 Å². The summed E-state index contributed by atoms with van der Waals surface area (Å²) >= 11 is 0. The molecule has 1 spiro atoms. The molecule has 1 aromatic rings. The van der Waals surface area contributed by atoms with E-state index in [2.05, 4.69) is 22.9 Å². The summed E-state index contributed by atoms with van der Waals surface area (Å²) in [6.07, 6.45) is 5.24. The van der Waals surface area contributed by atoms with Crippen molar-refractivity contribution in [3.8, 4) is 0 Å². The molecule has 2 fully saturated rings. The van der Waals surface area contributed by atoms with Gasteiger partial charge in [0.15, 0.2) is 0 Å². The summed E-state index contributed by atoms with van der Waals surface area (Å²) in [5.74, 6) is -1.02. The lowest BCUT2D eigenvalue weighted by atomic mass is 9.75. The molecule has 0 radical (unpaired) electrons. The Morgan fingerprint density at radius 1 is 1.20 bits per heavy atom. The molecule has 1 saturated heterocycles. The standard InChI is InChI=1S/C26H36FN5O3/c1-3-19(28)22(29)24(33)32-23(16-6-4-15(2)5-7-16)25(34)31-17-12-18(27)21-20(13-17)30-14-26(21)8-10-35-11-9-26/h12-13,15-16,23,28-30H,3-11,14H2,1-2H3,(H,31,34)(H,32,33)/t15-,16-,23-/m0/s1. The molecular weight excluding hydrogens is 449 g/mol. The van der Waals surface area contributed by atoms with Gasteiger partial charge >= 0.3 is 0 Å². The monoisotopic (exact) mass is 485 g/mol. The summed E-state index contributed by atoms with van der Waals surface area (Å²) in [7, 11) is 0. The fraction of sp³-hybridized carbons (Fsp3) is 0.615. The fourth-order valence-corrected chi connectivity index (χ4v) is 5.66. The molecule has 1 aliphatic carbocycles. The number of hydrogen-bond donors (Lipinski definition) is 5. The maximum Gasteiger partial charge on any atom is 0.271 e. The predicted octanol–water partition coefficient (Wildman–Crippen LogP) is 4.00. The van der Waals surface area contributed by atoms with Crippen molar-refractivity contribution in [2.75, 3.05) is 30.4 Å². The second kappa shape index (κ2) is 10.4. The third-order valence-corrected chi connectivity index (χ3v) is 7.94. The van der Waals surface area contributed by atoms with E-state index in [0.717, 1.165) is 38.5 Å². The number of benzene rings is 1. The van der Waals surface area contributed by atoms with Crippen molar-refractivity contribution in [2.24, 2.45) is 11.8 Å². The highest BCUT2D eigenvalue weighted by molar-refractivity contribution is 6.65. The van der Waals surface area contributed by atoms with Crippen LogP contribution in [0.3, 0.4) is 0 Å². The van der Waals surface area contributed by atoms with Crippen molar-refractivity contribution in [2.45, 2.75) is 70.3 Å². The Balaban J connectivity index is 1.53. The van der Waals surface area contributed by atoms with Gasteiger partial charge in [-0.05, 0) is 56.1 Å². The smallest absolute Gasteiger partial charge is 0.271 e. The summed E-state index contributed by atoms with van der Waals surface area (Å²) in [6.45, 7) is 5.73. The molecule has 190 valence electrons. The Hall–Kier alpha value is -2.81. The first-order valence-electron chi connectivity index (χ1n) is 12.7. The summed E-state index contributed by atoms with van der Waals surface area (Å²) in [5, 5.41) is 24.6. The van der Waals surface area contributed by atoms with Crippen molar-refractivity contribution in [1.82, 2.24) is 5.32 Å². The summed E-state index contributed by atoms with van der Waals surface area (Å²) in [5.41, 5.74) is 0.905. The molecule has 0 unspecified atom stereocenters. The number of rotatable bonds is 7. The molecule has 2 amide bonds. The molecular formula is C26H36FN5O3. The topological polar surface area (TPSA) is 127 Å². The van der Waals surface area contributed by atoms with Crippen LogP contribution in [0.2, 0.25) is 0 Å². The van der Waals surface area contributed by atoms with E-state index in [9.17, 15) is 9.59 Å². The minimum Gasteiger partial charge on any atom is -0.384 e. The van der Waals surface area contributed by atoms with Crippen LogP contribution in [0.1, 0.15) is 64.4 Å². The number of carbonyl (C=O) groups is 2. The van der Waals surface area contributed by atoms with Gasteiger partial charge < -0.3 is 26.1 Å². The molecule has 2 aliphatic heterocycles. The highest BCUT2D eigenvalue weighted by Gasteiger charge is 2.43. The lowest BCUT2D eigenvalue weighted by Gasteiger charge is -2.33. The first-order valence-corrected chi connectivity index (χ1v) is 12.7. The molecule has 1 saturated carbocycles. The lowest BCUT2D eigenvalue weighted by molar-refractivity contribution is -0.124. The Bertz CT molecular complexity index is 1010. The van der Waals surface area contributed by atoms with Gasteiger partial charge in [-0.2, -0.15) is 0 Å². The number of amides is 2. The lowest BCUT2D eigenvalue weighted by Crippen LogP contribution is -2.52. The summed E-state index contributed by atoms with van der Waals surface area (Å²) in [6, 6.07) is 2.26. The van der Waals surface area contributed by atoms with Crippen LogP contribution in [0.4, 0.5) is 15.8 Å². The third-order valence-electron chi connectivity index (χ3n) is 7.94. The molecule has 4 rings (SSSR count). The molecule has 9 heteroatoms. The molecule has 35 heavy (non-hydrogen) atoms. The predicted molar refractivity (Wildman–Crippen MR) is 134 cm³/mol. The van der Waals surface area contributed by atoms with E-state index >= 15 is 4.39 Å². The van der Waals surface area contributed by atoms with Crippen molar-refractivity contribution in [1.29, 1.82) is 10.8 Å². The average Bonchev–Trinajstić information content (AvgIpc) is 3.20. The van der Waals surface area contributed by atoms with Crippen LogP contribution in [0.25, 0.3) is 0 Å². The molecule has 1 atom stereocenters. The summed E-state index contributed by atoms with van der Waals surface area (Å²) in [4.78, 5) is 26.0. The van der Waals surface area contributed by atoms with Crippen molar-refractivity contribution in [3.63, 3.8) is 0 Å². The Morgan fingerprint density at radius 3 is 2.54 bits per heavy atom. The Kier molecular flexibility index (Phi) is 7.54. The van der Waals surface area contributed by atoms with Gasteiger partial charge in [0.05, 0.1) is 5.71 Å². The highest BCUT2D eigenvalue weighted by atomic mass is 19.1. The Labute approximate surface area is 205 Å². The maximum atomic E-state index is 15.3. The van der Waals surface area contributed by atoms with Crippen LogP contribution in [-0.4, -0.2) is 49.0 Å². The zero-order valence-corrected chi connectivity index (χ0v) is 20.6. The number of nitrogens with one attached hydrogen (secondary N) is 5. The van der Waals surface area contributed by atoms with Gasteiger partial charge in [0.1, 0.15) is 17.6 Å². The molecule has 2 heterocycles. The molecule has 0 aromatic heterocycles. The number of hydrogen-bond acceptors (Lipinski definition) is 6. The first kappa shape index (κ1) is 25.3. The quantitative estimate of drug-likeness (QED) is 0.374. The minimum absolute atomic E-state index is 0.0762. The zero-order chi connectivity index (χ0) is 25.2. The van der Waals surface area contributed by atoms with Crippen molar-refractivity contribution in [3.05, 3.63) is 23.5 Å². The van der Waals surface area contributed by atoms with Crippen molar-refractivity contribution >= 4 is 34.6 Å². The normalized spacial score (nSPS) is 23.6. The SMILES string of the molecule is CCC(=N)C(=N)C(=O)N[C@H](C(=O)Nc1cc(F)c2c(c1)NCC21CCOCC1)[C@H]1CC[C@H](C)CC1. The van der Waals surface area contributed by atoms with Gasteiger partial charge in [-0.15, -0.1) is 0 Å². The van der Waals surface area contributed by atoms with Crippen LogP contribution >= 0.6 is 0 Å². The maximum absolute atomic E-state index is 15.3. The highest BCUT2D eigenvalue weighted by Crippen LogP contribution is 2.46. The van der Waals surface area contributed by atoms with Gasteiger partial charge in [-0.25, -0.2) is 4.39 Å². The van der Waals surface area contributed by atoms with Crippen LogP contribution in [0.5, 0.6) is 0 Å². The molecule has 5 N–H and O–H groups in total. The fourth-order valence-electron chi connectivity index (χ4n) is 5.66. The molecule has 1 aromatic carbocycles. The second-order valence-electron chi connectivity index (χ2n) is 10.3. The number of anilines is 2. The van der Waals surface area contributed by atoms with Gasteiger partial charge in [0, 0.05) is 42.1 Å². The number of carbonyl (C=O) groups excluding carboxylic acids is 2.